The normalized spacial score (nSPS) is 18.1. The molecule has 2 amide bonds. The SMILES string of the molecule is C[C@@H](NC(=O)N[C@@H]1CSc2ccccc21)c1cnn(C)c1. The molecule has 0 fully saturated rings. The molecule has 0 aliphatic carbocycles. The van der Waals surface area contributed by atoms with Gasteiger partial charge in [0.25, 0.3) is 0 Å². The van der Waals surface area contributed by atoms with Crippen molar-refractivity contribution in [3.63, 3.8) is 0 Å². The molecule has 2 heterocycles. The van der Waals surface area contributed by atoms with Gasteiger partial charge in [-0.1, -0.05) is 18.2 Å². The number of benzene rings is 1. The second-order valence-electron chi connectivity index (χ2n) is 5.19. The van der Waals surface area contributed by atoms with Gasteiger partial charge in [0.1, 0.15) is 0 Å². The van der Waals surface area contributed by atoms with Crippen LogP contribution in [0, 0.1) is 0 Å². The number of rotatable bonds is 3. The van der Waals surface area contributed by atoms with E-state index in [1.165, 1.54) is 10.5 Å². The van der Waals surface area contributed by atoms with E-state index in [4.69, 9.17) is 0 Å². The zero-order valence-corrected chi connectivity index (χ0v) is 12.9. The molecule has 3 rings (SSSR count). The minimum atomic E-state index is -0.145. The first-order valence-corrected chi connectivity index (χ1v) is 7.89. The highest BCUT2D eigenvalue weighted by Crippen LogP contribution is 2.37. The van der Waals surface area contributed by atoms with Crippen molar-refractivity contribution >= 4 is 17.8 Å². The number of thioether (sulfide) groups is 1. The molecule has 0 spiro atoms. The Bertz CT molecular complexity index is 655. The summed E-state index contributed by atoms with van der Waals surface area (Å²) < 4.78 is 1.73. The van der Waals surface area contributed by atoms with Crippen LogP contribution in [0.5, 0.6) is 0 Å². The fraction of sp³-hybridized carbons (Fsp3) is 0.333. The maximum atomic E-state index is 12.1. The first-order valence-electron chi connectivity index (χ1n) is 6.91. The lowest BCUT2D eigenvalue weighted by Gasteiger charge is -2.17. The van der Waals surface area contributed by atoms with Crippen LogP contribution in [0.15, 0.2) is 41.6 Å². The number of carbonyl (C=O) groups is 1. The fourth-order valence-corrected chi connectivity index (χ4v) is 3.59. The number of urea groups is 1. The van der Waals surface area contributed by atoms with Gasteiger partial charge in [-0.15, -0.1) is 11.8 Å². The number of aryl methyl sites for hydroxylation is 1. The lowest BCUT2D eigenvalue weighted by Crippen LogP contribution is -2.39. The molecule has 0 bridgehead atoms. The van der Waals surface area contributed by atoms with E-state index in [-0.39, 0.29) is 18.1 Å². The van der Waals surface area contributed by atoms with Gasteiger partial charge in [0.2, 0.25) is 0 Å². The highest BCUT2D eigenvalue weighted by molar-refractivity contribution is 7.99. The highest BCUT2D eigenvalue weighted by atomic mass is 32.2. The average Bonchev–Trinajstić information content (AvgIpc) is 3.06. The predicted octanol–water partition coefficient (Wildman–Crippen LogP) is 2.63. The van der Waals surface area contributed by atoms with Crippen LogP contribution in [-0.2, 0) is 7.05 Å². The summed E-state index contributed by atoms with van der Waals surface area (Å²) in [6.07, 6.45) is 3.68. The molecule has 1 aromatic heterocycles. The first kappa shape index (κ1) is 14.0. The number of carbonyl (C=O) groups excluding carboxylic acids is 1. The zero-order valence-electron chi connectivity index (χ0n) is 12.0. The monoisotopic (exact) mass is 302 g/mol. The summed E-state index contributed by atoms with van der Waals surface area (Å²) >= 11 is 1.78. The number of nitrogens with one attached hydrogen (secondary N) is 2. The molecule has 21 heavy (non-hydrogen) atoms. The van der Waals surface area contributed by atoms with E-state index in [2.05, 4.69) is 27.9 Å². The van der Waals surface area contributed by atoms with E-state index in [9.17, 15) is 4.79 Å². The Labute approximate surface area is 128 Å². The molecule has 2 atom stereocenters. The smallest absolute Gasteiger partial charge is 0.315 e. The van der Waals surface area contributed by atoms with Crippen LogP contribution >= 0.6 is 11.8 Å². The third kappa shape index (κ3) is 3.05. The van der Waals surface area contributed by atoms with Crippen molar-refractivity contribution in [1.29, 1.82) is 0 Å². The molecule has 5 nitrogen and oxygen atoms in total. The van der Waals surface area contributed by atoms with Crippen LogP contribution in [0.2, 0.25) is 0 Å². The number of nitrogens with zero attached hydrogens (tertiary/aromatic N) is 2. The van der Waals surface area contributed by atoms with Crippen molar-refractivity contribution in [2.45, 2.75) is 23.9 Å². The topological polar surface area (TPSA) is 59.0 Å². The molecule has 110 valence electrons. The predicted molar refractivity (Wildman–Crippen MR) is 83.2 cm³/mol. The van der Waals surface area contributed by atoms with Gasteiger partial charge in [0.15, 0.2) is 0 Å². The molecule has 1 aliphatic rings. The van der Waals surface area contributed by atoms with Crippen molar-refractivity contribution in [3.05, 3.63) is 47.8 Å². The van der Waals surface area contributed by atoms with Crippen LogP contribution in [0.3, 0.4) is 0 Å². The lowest BCUT2D eigenvalue weighted by molar-refractivity contribution is 0.235. The summed E-state index contributed by atoms with van der Waals surface area (Å²) in [7, 11) is 1.86. The largest absolute Gasteiger partial charge is 0.332 e. The van der Waals surface area contributed by atoms with Crippen LogP contribution in [0.25, 0.3) is 0 Å². The summed E-state index contributed by atoms with van der Waals surface area (Å²) in [6.45, 7) is 1.95. The van der Waals surface area contributed by atoms with E-state index in [1.807, 2.05) is 32.3 Å². The number of aromatic nitrogens is 2. The fourth-order valence-electron chi connectivity index (χ4n) is 2.43. The minimum Gasteiger partial charge on any atom is -0.332 e. The van der Waals surface area contributed by atoms with E-state index >= 15 is 0 Å². The van der Waals surface area contributed by atoms with Crippen LogP contribution in [0.4, 0.5) is 4.79 Å². The van der Waals surface area contributed by atoms with Gasteiger partial charge in [-0.3, -0.25) is 4.68 Å². The molecular formula is C15H18N4OS. The maximum Gasteiger partial charge on any atom is 0.315 e. The Morgan fingerprint density at radius 3 is 3.05 bits per heavy atom. The van der Waals surface area contributed by atoms with E-state index in [0.29, 0.717) is 0 Å². The van der Waals surface area contributed by atoms with Crippen molar-refractivity contribution in [3.8, 4) is 0 Å². The van der Waals surface area contributed by atoms with Crippen molar-refractivity contribution in [1.82, 2.24) is 20.4 Å². The molecule has 6 heteroatoms. The third-order valence-electron chi connectivity index (χ3n) is 3.58. The second kappa shape index (κ2) is 5.81. The van der Waals surface area contributed by atoms with Crippen molar-refractivity contribution < 1.29 is 4.79 Å². The molecule has 0 unspecified atom stereocenters. The van der Waals surface area contributed by atoms with E-state index in [0.717, 1.165) is 11.3 Å². The second-order valence-corrected chi connectivity index (χ2v) is 6.25. The van der Waals surface area contributed by atoms with Gasteiger partial charge in [0, 0.05) is 29.5 Å². The number of fused-ring (bicyclic) bond motifs is 1. The molecule has 0 saturated heterocycles. The van der Waals surface area contributed by atoms with Gasteiger partial charge in [0.05, 0.1) is 18.3 Å². The minimum absolute atomic E-state index is 0.0667. The van der Waals surface area contributed by atoms with Gasteiger partial charge in [-0.05, 0) is 18.6 Å². The lowest BCUT2D eigenvalue weighted by atomic mass is 10.1. The van der Waals surface area contributed by atoms with Crippen LogP contribution < -0.4 is 10.6 Å². The molecule has 2 aromatic rings. The Morgan fingerprint density at radius 1 is 1.48 bits per heavy atom. The Kier molecular flexibility index (Phi) is 3.88. The van der Waals surface area contributed by atoms with Gasteiger partial charge in [-0.2, -0.15) is 5.10 Å². The summed E-state index contributed by atoms with van der Waals surface area (Å²) in [6, 6.07) is 8.07. The summed E-state index contributed by atoms with van der Waals surface area (Å²) in [5.74, 6) is 0.883. The maximum absolute atomic E-state index is 12.1. The Morgan fingerprint density at radius 2 is 2.29 bits per heavy atom. The van der Waals surface area contributed by atoms with Crippen LogP contribution in [-0.4, -0.2) is 21.6 Å². The number of amides is 2. The highest BCUT2D eigenvalue weighted by Gasteiger charge is 2.24. The Balaban J connectivity index is 1.60. The number of hydrogen-bond acceptors (Lipinski definition) is 3. The number of hydrogen-bond donors (Lipinski definition) is 2. The summed E-state index contributed by atoms with van der Waals surface area (Å²) in [5.41, 5.74) is 2.19. The summed E-state index contributed by atoms with van der Waals surface area (Å²) in [4.78, 5) is 13.4. The van der Waals surface area contributed by atoms with E-state index < -0.39 is 0 Å². The molecule has 1 aromatic carbocycles. The zero-order chi connectivity index (χ0) is 14.8. The van der Waals surface area contributed by atoms with E-state index in [1.54, 1.807) is 22.6 Å². The van der Waals surface area contributed by atoms with Gasteiger partial charge >= 0.3 is 6.03 Å². The van der Waals surface area contributed by atoms with Gasteiger partial charge in [-0.25, -0.2) is 4.79 Å². The Hall–Kier alpha value is -1.95. The van der Waals surface area contributed by atoms with Crippen LogP contribution in [0.1, 0.15) is 30.1 Å². The molecule has 0 saturated carbocycles. The molecule has 0 radical (unpaired) electrons. The average molecular weight is 302 g/mol. The standard InChI is InChI=1S/C15H18N4OS/c1-10(11-7-16-19(2)8-11)17-15(20)18-13-9-21-14-6-4-3-5-12(13)14/h3-8,10,13H,9H2,1-2H3,(H2,17,18,20)/t10-,13-/m1/s1. The van der Waals surface area contributed by atoms with Crippen molar-refractivity contribution in [2.24, 2.45) is 7.05 Å². The van der Waals surface area contributed by atoms with Crippen molar-refractivity contribution in [2.75, 3.05) is 5.75 Å². The first-order chi connectivity index (χ1) is 10.1. The quantitative estimate of drug-likeness (QED) is 0.916. The third-order valence-corrected chi connectivity index (χ3v) is 4.76. The molecule has 1 aliphatic heterocycles. The summed E-state index contributed by atoms with van der Waals surface area (Å²) in [5, 5.41) is 10.1. The molecule has 2 N–H and O–H groups in total. The van der Waals surface area contributed by atoms with Gasteiger partial charge < -0.3 is 10.6 Å². The molecular weight excluding hydrogens is 284 g/mol.